The highest BCUT2D eigenvalue weighted by molar-refractivity contribution is 7.89. The molecule has 31 heavy (non-hydrogen) atoms. The third kappa shape index (κ3) is 5.06. The van der Waals surface area contributed by atoms with Crippen molar-refractivity contribution < 1.29 is 17.6 Å². The molecular formula is C22H23Cl2FN2O3S. The highest BCUT2D eigenvalue weighted by Gasteiger charge is 2.39. The molecule has 0 N–H and O–H groups in total. The van der Waals surface area contributed by atoms with E-state index < -0.39 is 10.0 Å². The smallest absolute Gasteiger partial charge is 0.244 e. The van der Waals surface area contributed by atoms with Crippen LogP contribution in [0.25, 0.3) is 0 Å². The van der Waals surface area contributed by atoms with Gasteiger partial charge in [-0.2, -0.15) is 4.31 Å². The monoisotopic (exact) mass is 484 g/mol. The van der Waals surface area contributed by atoms with Crippen molar-refractivity contribution in [2.75, 3.05) is 13.1 Å². The van der Waals surface area contributed by atoms with E-state index in [1.54, 1.807) is 18.2 Å². The summed E-state index contributed by atoms with van der Waals surface area (Å²) in [6, 6.07) is 10.8. The van der Waals surface area contributed by atoms with Gasteiger partial charge in [0.1, 0.15) is 10.7 Å². The number of hydrogen-bond donors (Lipinski definition) is 0. The lowest BCUT2D eigenvalue weighted by Gasteiger charge is -2.34. The Morgan fingerprint density at radius 3 is 2.29 bits per heavy atom. The highest BCUT2D eigenvalue weighted by Crippen LogP contribution is 2.34. The number of carbonyl (C=O) groups is 1. The molecule has 1 heterocycles. The van der Waals surface area contributed by atoms with E-state index in [4.69, 9.17) is 23.2 Å². The van der Waals surface area contributed by atoms with Crippen molar-refractivity contribution in [3.8, 4) is 0 Å². The third-order valence-electron chi connectivity index (χ3n) is 5.85. The van der Waals surface area contributed by atoms with E-state index in [0.29, 0.717) is 24.4 Å². The number of rotatable bonds is 6. The van der Waals surface area contributed by atoms with Crippen LogP contribution in [-0.4, -0.2) is 42.7 Å². The summed E-state index contributed by atoms with van der Waals surface area (Å²) in [7, 11) is -3.78. The molecule has 166 valence electrons. The largest absolute Gasteiger partial charge is 0.335 e. The quantitative estimate of drug-likeness (QED) is 0.595. The molecule has 2 aromatic carbocycles. The zero-order valence-electron chi connectivity index (χ0n) is 16.8. The number of hydrogen-bond acceptors (Lipinski definition) is 3. The van der Waals surface area contributed by atoms with Gasteiger partial charge >= 0.3 is 0 Å². The standard InChI is InChI=1S/C22H23Cl2FN2O3S/c23-17-3-8-20(24)21(13-17)31(29,30)26-11-9-16(10-12-26)22(28)27(19-6-7-19)14-15-1-4-18(25)5-2-15/h1-5,8,13,16,19H,6-7,9-12,14H2. The molecule has 2 fully saturated rings. The predicted octanol–water partition coefficient (Wildman–Crippen LogP) is 4.72. The van der Waals surface area contributed by atoms with Crippen LogP contribution in [-0.2, 0) is 21.4 Å². The van der Waals surface area contributed by atoms with Gasteiger partial charge in [0.05, 0.1) is 5.02 Å². The van der Waals surface area contributed by atoms with Crippen LogP contribution in [0.15, 0.2) is 47.4 Å². The van der Waals surface area contributed by atoms with Gasteiger partial charge in [-0.25, -0.2) is 12.8 Å². The molecule has 0 spiro atoms. The Morgan fingerprint density at radius 2 is 1.68 bits per heavy atom. The lowest BCUT2D eigenvalue weighted by Crippen LogP contribution is -2.44. The maximum atomic E-state index is 13.2. The van der Waals surface area contributed by atoms with Gasteiger partial charge in [0.2, 0.25) is 15.9 Å². The van der Waals surface area contributed by atoms with Gasteiger partial charge in [0.25, 0.3) is 0 Å². The van der Waals surface area contributed by atoms with Crippen LogP contribution in [0.4, 0.5) is 4.39 Å². The summed E-state index contributed by atoms with van der Waals surface area (Å²) >= 11 is 12.1. The number of halogens is 3. The maximum absolute atomic E-state index is 13.2. The molecule has 1 amide bonds. The van der Waals surface area contributed by atoms with Crippen molar-refractivity contribution in [3.05, 3.63) is 63.9 Å². The number of carbonyl (C=O) groups excluding carboxylic acids is 1. The van der Waals surface area contributed by atoms with Crippen LogP contribution in [0.2, 0.25) is 10.0 Å². The minimum Gasteiger partial charge on any atom is -0.335 e. The fraction of sp³-hybridized carbons (Fsp3) is 0.409. The second-order valence-electron chi connectivity index (χ2n) is 8.08. The van der Waals surface area contributed by atoms with Crippen molar-refractivity contribution in [1.29, 1.82) is 0 Å². The van der Waals surface area contributed by atoms with Crippen LogP contribution in [0.3, 0.4) is 0 Å². The molecule has 0 bridgehead atoms. The van der Waals surface area contributed by atoms with E-state index in [2.05, 4.69) is 0 Å². The van der Waals surface area contributed by atoms with Gasteiger partial charge in [0, 0.05) is 36.6 Å². The van der Waals surface area contributed by atoms with Crippen LogP contribution in [0.1, 0.15) is 31.2 Å². The summed E-state index contributed by atoms with van der Waals surface area (Å²) in [5, 5.41) is 0.427. The normalized spacial score (nSPS) is 18.2. The Kier molecular flexibility index (Phi) is 6.58. The highest BCUT2D eigenvalue weighted by atomic mass is 35.5. The number of nitrogens with zero attached hydrogens (tertiary/aromatic N) is 2. The summed E-state index contributed by atoms with van der Waals surface area (Å²) in [6.07, 6.45) is 2.83. The molecule has 0 unspecified atom stereocenters. The van der Waals surface area contributed by atoms with E-state index in [1.165, 1.54) is 28.6 Å². The minimum absolute atomic E-state index is 0.0117. The van der Waals surface area contributed by atoms with E-state index >= 15 is 0 Å². The molecule has 1 saturated heterocycles. The van der Waals surface area contributed by atoms with Gasteiger partial charge in [-0.1, -0.05) is 35.3 Å². The van der Waals surface area contributed by atoms with Gasteiger partial charge in [0.15, 0.2) is 0 Å². The van der Waals surface area contributed by atoms with Crippen molar-refractivity contribution >= 4 is 39.1 Å². The Bertz CT molecular complexity index is 1070. The summed E-state index contributed by atoms with van der Waals surface area (Å²) in [5.41, 5.74) is 0.886. The Morgan fingerprint density at radius 1 is 1.03 bits per heavy atom. The molecule has 4 rings (SSSR count). The Balaban J connectivity index is 1.43. The van der Waals surface area contributed by atoms with Crippen LogP contribution < -0.4 is 0 Å². The van der Waals surface area contributed by atoms with Crippen LogP contribution in [0.5, 0.6) is 0 Å². The van der Waals surface area contributed by atoms with Crippen LogP contribution >= 0.6 is 23.2 Å². The summed E-state index contributed by atoms with van der Waals surface area (Å²) in [4.78, 5) is 15.1. The fourth-order valence-electron chi connectivity index (χ4n) is 3.95. The fourth-order valence-corrected chi connectivity index (χ4v) is 6.16. The first kappa shape index (κ1) is 22.5. The molecule has 0 aromatic heterocycles. The summed E-state index contributed by atoms with van der Waals surface area (Å²) in [5.74, 6) is -0.492. The number of piperidine rings is 1. The predicted molar refractivity (Wildman–Crippen MR) is 118 cm³/mol. The molecule has 9 heteroatoms. The summed E-state index contributed by atoms with van der Waals surface area (Å²) in [6.45, 7) is 0.938. The molecular weight excluding hydrogens is 462 g/mol. The molecule has 0 radical (unpaired) electrons. The van der Waals surface area contributed by atoms with Crippen molar-refractivity contribution in [2.24, 2.45) is 5.92 Å². The second kappa shape index (κ2) is 9.06. The first-order chi connectivity index (χ1) is 14.8. The molecule has 2 aromatic rings. The molecule has 1 saturated carbocycles. The molecule has 0 atom stereocenters. The minimum atomic E-state index is -3.78. The Hall–Kier alpha value is -1.67. The van der Waals surface area contributed by atoms with Crippen molar-refractivity contribution in [1.82, 2.24) is 9.21 Å². The number of benzene rings is 2. The Labute approximate surface area is 191 Å². The maximum Gasteiger partial charge on any atom is 0.244 e. The first-order valence-electron chi connectivity index (χ1n) is 10.3. The van der Waals surface area contributed by atoms with E-state index in [0.717, 1.165) is 18.4 Å². The lowest BCUT2D eigenvalue weighted by molar-refractivity contribution is -0.138. The van der Waals surface area contributed by atoms with E-state index in [1.807, 2.05) is 4.90 Å². The zero-order chi connectivity index (χ0) is 22.2. The molecule has 1 aliphatic carbocycles. The third-order valence-corrected chi connectivity index (χ3v) is 8.47. The van der Waals surface area contributed by atoms with Gasteiger partial charge in [-0.05, 0) is 61.6 Å². The number of sulfonamides is 1. The average molecular weight is 485 g/mol. The van der Waals surface area contributed by atoms with E-state index in [-0.39, 0.29) is 46.7 Å². The topological polar surface area (TPSA) is 57.7 Å². The zero-order valence-corrected chi connectivity index (χ0v) is 19.1. The molecule has 2 aliphatic rings. The van der Waals surface area contributed by atoms with Gasteiger partial charge in [-0.3, -0.25) is 4.79 Å². The number of amides is 1. The first-order valence-corrected chi connectivity index (χ1v) is 12.5. The molecule has 1 aliphatic heterocycles. The van der Waals surface area contributed by atoms with E-state index in [9.17, 15) is 17.6 Å². The SMILES string of the molecule is O=C(C1CCN(S(=O)(=O)c2cc(Cl)ccc2Cl)CC1)N(Cc1ccc(F)cc1)C1CC1. The van der Waals surface area contributed by atoms with Crippen molar-refractivity contribution in [2.45, 2.75) is 43.2 Å². The lowest BCUT2D eigenvalue weighted by atomic mass is 9.96. The second-order valence-corrected chi connectivity index (χ2v) is 10.8. The van der Waals surface area contributed by atoms with Crippen molar-refractivity contribution in [3.63, 3.8) is 0 Å². The summed E-state index contributed by atoms with van der Waals surface area (Å²) < 4.78 is 40.6. The molecule has 5 nitrogen and oxygen atoms in total. The average Bonchev–Trinajstić information content (AvgIpc) is 3.60. The van der Waals surface area contributed by atoms with Gasteiger partial charge < -0.3 is 4.90 Å². The van der Waals surface area contributed by atoms with Gasteiger partial charge in [-0.15, -0.1) is 0 Å². The van der Waals surface area contributed by atoms with Crippen LogP contribution in [0, 0.1) is 11.7 Å².